The normalized spacial score (nSPS) is 10.6. The van der Waals surface area contributed by atoms with Gasteiger partial charge in [-0.2, -0.15) is 0 Å². The van der Waals surface area contributed by atoms with E-state index < -0.39 is 0 Å². The predicted octanol–water partition coefficient (Wildman–Crippen LogP) is 3.28. The van der Waals surface area contributed by atoms with Crippen molar-refractivity contribution in [2.75, 3.05) is 5.32 Å². The molecule has 4 rings (SSSR count). The molecule has 0 aliphatic rings. The lowest BCUT2D eigenvalue weighted by Crippen LogP contribution is -2.23. The van der Waals surface area contributed by atoms with Crippen molar-refractivity contribution in [3.05, 3.63) is 87.5 Å². The Morgan fingerprint density at radius 3 is 2.55 bits per heavy atom. The van der Waals surface area contributed by atoms with Crippen molar-refractivity contribution < 1.29 is 4.79 Å². The summed E-state index contributed by atoms with van der Waals surface area (Å²) in [7, 11) is 1.75. The van der Waals surface area contributed by atoms with E-state index in [1.54, 1.807) is 48.3 Å². The molecule has 2 N–H and O–H groups in total. The first kappa shape index (κ1) is 20.4. The number of pyridine rings is 1. The minimum Gasteiger partial charge on any atom is -0.347 e. The minimum absolute atomic E-state index is 0.0219. The van der Waals surface area contributed by atoms with Gasteiger partial charge in [-0.1, -0.05) is 29.5 Å². The molecule has 0 saturated carbocycles. The molecule has 3 heterocycles. The fourth-order valence-electron chi connectivity index (χ4n) is 2.91. The van der Waals surface area contributed by atoms with E-state index in [0.29, 0.717) is 23.9 Å². The lowest BCUT2D eigenvalue weighted by molar-refractivity contribution is 0.0946. The molecule has 0 aliphatic carbocycles. The molecular weight excluding hydrogens is 412 g/mol. The molecule has 0 spiro atoms. The largest absolute Gasteiger partial charge is 0.347 e. The van der Waals surface area contributed by atoms with Crippen LogP contribution < -0.4 is 15.5 Å². The number of rotatable bonds is 6. The van der Waals surface area contributed by atoms with Gasteiger partial charge >= 0.3 is 4.87 Å². The quantitative estimate of drug-likeness (QED) is 0.485. The number of aromatic nitrogens is 4. The standard InChI is InChI=1S/C22H20N6O2S/c1-14-19(31-22(30)28(14)2)17-10-12-24-21(27-17)26-16-8-6-15(7-9-16)13-25-20(29)18-5-3-4-11-23-18/h3-12H,13H2,1-2H3,(H,25,29)(H,24,26,27). The lowest BCUT2D eigenvalue weighted by Gasteiger charge is -2.08. The fourth-order valence-corrected chi connectivity index (χ4v) is 3.86. The van der Waals surface area contributed by atoms with E-state index in [0.717, 1.165) is 21.8 Å². The van der Waals surface area contributed by atoms with Gasteiger partial charge in [0.15, 0.2) is 0 Å². The van der Waals surface area contributed by atoms with Crippen LogP contribution in [0.5, 0.6) is 0 Å². The molecule has 0 unspecified atom stereocenters. The Labute approximate surface area is 182 Å². The van der Waals surface area contributed by atoms with Crippen LogP contribution in [0.1, 0.15) is 21.7 Å². The van der Waals surface area contributed by atoms with Crippen LogP contribution in [0.2, 0.25) is 0 Å². The highest BCUT2D eigenvalue weighted by atomic mass is 32.1. The highest BCUT2D eigenvalue weighted by Gasteiger charge is 2.12. The Balaban J connectivity index is 1.42. The third kappa shape index (κ3) is 4.67. The zero-order valence-electron chi connectivity index (χ0n) is 17.0. The van der Waals surface area contributed by atoms with Crippen LogP contribution in [-0.2, 0) is 13.6 Å². The Hall–Kier alpha value is -3.85. The van der Waals surface area contributed by atoms with Crippen molar-refractivity contribution in [1.29, 1.82) is 0 Å². The summed E-state index contributed by atoms with van der Waals surface area (Å²) in [6.07, 6.45) is 3.25. The van der Waals surface area contributed by atoms with Crippen LogP contribution in [0.4, 0.5) is 11.6 Å². The van der Waals surface area contributed by atoms with Gasteiger partial charge in [-0.25, -0.2) is 9.97 Å². The highest BCUT2D eigenvalue weighted by Crippen LogP contribution is 2.25. The summed E-state index contributed by atoms with van der Waals surface area (Å²) >= 11 is 1.17. The number of hydrogen-bond acceptors (Lipinski definition) is 7. The molecule has 156 valence electrons. The first-order valence-electron chi connectivity index (χ1n) is 9.56. The molecule has 4 aromatic rings. The average molecular weight is 433 g/mol. The van der Waals surface area contributed by atoms with Gasteiger partial charge in [-0.05, 0) is 42.8 Å². The van der Waals surface area contributed by atoms with Crippen LogP contribution >= 0.6 is 11.3 Å². The molecule has 0 atom stereocenters. The van der Waals surface area contributed by atoms with Gasteiger partial charge in [0, 0.05) is 37.4 Å². The van der Waals surface area contributed by atoms with E-state index in [9.17, 15) is 9.59 Å². The maximum absolute atomic E-state index is 12.1. The molecule has 8 nitrogen and oxygen atoms in total. The molecule has 1 aromatic carbocycles. The SMILES string of the molecule is Cc1c(-c2ccnc(Nc3ccc(CNC(=O)c4ccccn4)cc3)n2)sc(=O)n1C. The van der Waals surface area contributed by atoms with Gasteiger partial charge in [0.2, 0.25) is 5.95 Å². The third-order valence-corrected chi connectivity index (χ3v) is 5.90. The van der Waals surface area contributed by atoms with E-state index in [1.807, 2.05) is 31.2 Å². The van der Waals surface area contributed by atoms with Gasteiger partial charge in [-0.15, -0.1) is 0 Å². The number of nitrogens with zero attached hydrogens (tertiary/aromatic N) is 4. The molecule has 0 fully saturated rings. The average Bonchev–Trinajstić information content (AvgIpc) is 3.06. The van der Waals surface area contributed by atoms with Crippen LogP contribution in [0.15, 0.2) is 65.7 Å². The van der Waals surface area contributed by atoms with E-state index >= 15 is 0 Å². The number of anilines is 2. The number of thiazole rings is 1. The maximum atomic E-state index is 12.1. The number of carbonyl (C=O) groups excluding carboxylic acids is 1. The van der Waals surface area contributed by atoms with Crippen LogP contribution in [0, 0.1) is 6.92 Å². The molecule has 9 heteroatoms. The summed E-state index contributed by atoms with van der Waals surface area (Å²) in [5.41, 5.74) is 3.73. The Morgan fingerprint density at radius 1 is 1.06 bits per heavy atom. The van der Waals surface area contributed by atoms with Gasteiger partial charge in [0.1, 0.15) is 5.69 Å². The van der Waals surface area contributed by atoms with Crippen LogP contribution in [-0.4, -0.2) is 25.4 Å². The van der Waals surface area contributed by atoms with Crippen molar-refractivity contribution in [2.24, 2.45) is 7.05 Å². The monoisotopic (exact) mass is 432 g/mol. The van der Waals surface area contributed by atoms with Gasteiger partial charge in [-0.3, -0.25) is 14.6 Å². The summed E-state index contributed by atoms with van der Waals surface area (Å²) in [6.45, 7) is 2.29. The summed E-state index contributed by atoms with van der Waals surface area (Å²) in [5, 5.41) is 6.02. The molecule has 0 saturated heterocycles. The molecular formula is C22H20N6O2S. The number of amides is 1. The molecule has 0 bridgehead atoms. The summed E-state index contributed by atoms with van der Waals surface area (Å²) in [4.78, 5) is 37.7. The number of nitrogens with one attached hydrogen (secondary N) is 2. The maximum Gasteiger partial charge on any atom is 0.307 e. The van der Waals surface area contributed by atoms with Crippen LogP contribution in [0.3, 0.4) is 0 Å². The minimum atomic E-state index is -0.216. The number of hydrogen-bond donors (Lipinski definition) is 2. The summed E-state index contributed by atoms with van der Waals surface area (Å²) in [5.74, 6) is 0.225. The zero-order chi connectivity index (χ0) is 21.8. The van der Waals surface area contributed by atoms with Crippen LogP contribution in [0.25, 0.3) is 10.6 Å². The van der Waals surface area contributed by atoms with Gasteiger partial charge < -0.3 is 15.2 Å². The smallest absolute Gasteiger partial charge is 0.307 e. The van der Waals surface area contributed by atoms with Crippen molar-refractivity contribution in [3.8, 4) is 10.6 Å². The van der Waals surface area contributed by atoms with E-state index in [-0.39, 0.29) is 10.8 Å². The Bertz CT molecular complexity index is 1270. The molecule has 0 aliphatic heterocycles. The lowest BCUT2D eigenvalue weighted by atomic mass is 10.2. The fraction of sp³-hybridized carbons (Fsp3) is 0.136. The first-order valence-corrected chi connectivity index (χ1v) is 10.4. The van der Waals surface area contributed by atoms with Crippen molar-refractivity contribution in [3.63, 3.8) is 0 Å². The summed E-state index contributed by atoms with van der Waals surface area (Å²) < 4.78 is 1.61. The second kappa shape index (κ2) is 8.88. The number of carbonyl (C=O) groups is 1. The van der Waals surface area contributed by atoms with E-state index in [4.69, 9.17) is 0 Å². The predicted molar refractivity (Wildman–Crippen MR) is 120 cm³/mol. The second-order valence-electron chi connectivity index (χ2n) is 6.83. The first-order chi connectivity index (χ1) is 15.0. The molecule has 31 heavy (non-hydrogen) atoms. The number of benzene rings is 1. The van der Waals surface area contributed by atoms with Gasteiger partial charge in [0.25, 0.3) is 5.91 Å². The highest BCUT2D eigenvalue weighted by molar-refractivity contribution is 7.13. The zero-order valence-corrected chi connectivity index (χ0v) is 17.8. The second-order valence-corrected chi connectivity index (χ2v) is 7.79. The Morgan fingerprint density at radius 2 is 1.87 bits per heavy atom. The molecule has 0 radical (unpaired) electrons. The Kier molecular flexibility index (Phi) is 5.85. The topological polar surface area (TPSA) is 102 Å². The van der Waals surface area contributed by atoms with E-state index in [1.165, 1.54) is 11.3 Å². The molecule has 1 amide bonds. The van der Waals surface area contributed by atoms with Crippen molar-refractivity contribution in [1.82, 2.24) is 24.8 Å². The third-order valence-electron chi connectivity index (χ3n) is 4.74. The van der Waals surface area contributed by atoms with Gasteiger partial charge in [0.05, 0.1) is 10.6 Å². The van der Waals surface area contributed by atoms with Crippen molar-refractivity contribution in [2.45, 2.75) is 13.5 Å². The summed E-state index contributed by atoms with van der Waals surface area (Å²) in [6, 6.07) is 14.6. The van der Waals surface area contributed by atoms with Crippen molar-refractivity contribution >= 4 is 28.9 Å². The molecule has 3 aromatic heterocycles. The van der Waals surface area contributed by atoms with E-state index in [2.05, 4.69) is 25.6 Å².